The molecule has 0 bridgehead atoms. The van der Waals surface area contributed by atoms with E-state index in [1.54, 1.807) is 0 Å². The number of aliphatic hydroxyl groups excluding tert-OH is 1. The van der Waals surface area contributed by atoms with Crippen molar-refractivity contribution in [1.29, 1.82) is 0 Å². The van der Waals surface area contributed by atoms with E-state index in [-0.39, 0.29) is 11.6 Å². The number of anilines is 2. The number of aryl methyl sites for hydroxylation is 1. The number of amides is 1. The molecule has 0 heterocycles. The van der Waals surface area contributed by atoms with Crippen LogP contribution >= 0.6 is 0 Å². The van der Waals surface area contributed by atoms with Gasteiger partial charge in [0.2, 0.25) is 0 Å². The standard InChI is InChI=1S/C20H26FN3O2/c1-14-6-8-15(9-7-14)20(26)23-12-4-2-3-5-19(25)24-18-11-10-16(21)13-17(18)22/h6-11,13,19,24-25H,2-5,12,22H2,1H3,(H,23,26). The quantitative estimate of drug-likeness (QED) is 0.314. The van der Waals surface area contributed by atoms with E-state index in [4.69, 9.17) is 5.73 Å². The molecule has 2 rings (SSSR count). The summed E-state index contributed by atoms with van der Waals surface area (Å²) in [5, 5.41) is 15.7. The first-order valence-electron chi connectivity index (χ1n) is 8.80. The lowest BCUT2D eigenvalue weighted by Crippen LogP contribution is -2.24. The summed E-state index contributed by atoms with van der Waals surface area (Å²) in [5.74, 6) is -0.478. The molecule has 0 saturated carbocycles. The van der Waals surface area contributed by atoms with E-state index in [0.29, 0.717) is 24.2 Å². The summed E-state index contributed by atoms with van der Waals surface area (Å²) < 4.78 is 13.0. The summed E-state index contributed by atoms with van der Waals surface area (Å²) >= 11 is 0. The Bertz CT molecular complexity index is 719. The van der Waals surface area contributed by atoms with Gasteiger partial charge in [-0.3, -0.25) is 4.79 Å². The molecule has 0 saturated heterocycles. The smallest absolute Gasteiger partial charge is 0.251 e. The number of halogens is 1. The molecule has 2 aromatic rings. The molecule has 5 N–H and O–H groups in total. The molecule has 1 amide bonds. The van der Waals surface area contributed by atoms with Crippen LogP contribution in [0.15, 0.2) is 42.5 Å². The minimum Gasteiger partial charge on any atom is -0.397 e. The zero-order valence-corrected chi connectivity index (χ0v) is 15.0. The van der Waals surface area contributed by atoms with Gasteiger partial charge in [0, 0.05) is 12.1 Å². The first-order chi connectivity index (χ1) is 12.5. The first kappa shape index (κ1) is 19.7. The summed E-state index contributed by atoms with van der Waals surface area (Å²) in [6.07, 6.45) is 2.32. The molecule has 0 aliphatic carbocycles. The number of nitrogens with one attached hydrogen (secondary N) is 2. The molecule has 1 atom stereocenters. The number of benzene rings is 2. The van der Waals surface area contributed by atoms with Crippen molar-refractivity contribution in [3.8, 4) is 0 Å². The van der Waals surface area contributed by atoms with Crippen molar-refractivity contribution in [2.75, 3.05) is 17.6 Å². The van der Waals surface area contributed by atoms with Gasteiger partial charge in [0.05, 0.1) is 11.4 Å². The van der Waals surface area contributed by atoms with Crippen LogP contribution in [0, 0.1) is 12.7 Å². The molecule has 1 unspecified atom stereocenters. The minimum absolute atomic E-state index is 0.0708. The van der Waals surface area contributed by atoms with Crippen molar-refractivity contribution in [1.82, 2.24) is 5.32 Å². The topological polar surface area (TPSA) is 87.4 Å². The summed E-state index contributed by atoms with van der Waals surface area (Å²) in [6.45, 7) is 2.58. The number of unbranched alkanes of at least 4 members (excludes halogenated alkanes) is 2. The van der Waals surface area contributed by atoms with Crippen LogP contribution in [-0.4, -0.2) is 23.8 Å². The van der Waals surface area contributed by atoms with E-state index in [1.165, 1.54) is 18.2 Å². The summed E-state index contributed by atoms with van der Waals surface area (Å²) in [7, 11) is 0. The summed E-state index contributed by atoms with van der Waals surface area (Å²) in [6, 6.07) is 11.5. The Morgan fingerprint density at radius 2 is 1.88 bits per heavy atom. The highest BCUT2D eigenvalue weighted by atomic mass is 19.1. The SMILES string of the molecule is Cc1ccc(C(=O)NCCCCCC(O)Nc2ccc(F)cc2N)cc1. The Morgan fingerprint density at radius 1 is 1.15 bits per heavy atom. The largest absolute Gasteiger partial charge is 0.397 e. The second-order valence-corrected chi connectivity index (χ2v) is 6.36. The van der Waals surface area contributed by atoms with Crippen LogP contribution in [-0.2, 0) is 0 Å². The first-order valence-corrected chi connectivity index (χ1v) is 8.80. The highest BCUT2D eigenvalue weighted by molar-refractivity contribution is 5.94. The monoisotopic (exact) mass is 359 g/mol. The lowest BCUT2D eigenvalue weighted by molar-refractivity contribution is 0.0952. The fraction of sp³-hybridized carbons (Fsp3) is 0.350. The van der Waals surface area contributed by atoms with Crippen molar-refractivity contribution >= 4 is 17.3 Å². The average Bonchev–Trinajstić information content (AvgIpc) is 2.61. The molecule has 5 nitrogen and oxygen atoms in total. The number of nitrogens with two attached hydrogens (primary N) is 1. The van der Waals surface area contributed by atoms with Crippen molar-refractivity contribution in [3.63, 3.8) is 0 Å². The molecular weight excluding hydrogens is 333 g/mol. The van der Waals surface area contributed by atoms with Gasteiger partial charge in [-0.15, -0.1) is 0 Å². The van der Waals surface area contributed by atoms with Crippen molar-refractivity contribution < 1.29 is 14.3 Å². The van der Waals surface area contributed by atoms with Gasteiger partial charge in [-0.1, -0.05) is 24.1 Å². The number of rotatable bonds is 9. The molecule has 2 aromatic carbocycles. The number of aliphatic hydroxyl groups is 1. The number of carbonyl (C=O) groups excluding carboxylic acids is 1. The Hall–Kier alpha value is -2.60. The van der Waals surface area contributed by atoms with Gasteiger partial charge in [-0.2, -0.15) is 0 Å². The van der Waals surface area contributed by atoms with Gasteiger partial charge in [0.1, 0.15) is 12.0 Å². The molecular formula is C20H26FN3O2. The van der Waals surface area contributed by atoms with Crippen LogP contribution in [0.4, 0.5) is 15.8 Å². The molecule has 140 valence electrons. The third-order valence-corrected chi connectivity index (χ3v) is 4.09. The molecule has 0 aliphatic heterocycles. The number of hydrogen-bond acceptors (Lipinski definition) is 4. The normalized spacial score (nSPS) is 11.8. The van der Waals surface area contributed by atoms with E-state index >= 15 is 0 Å². The Balaban J connectivity index is 1.59. The van der Waals surface area contributed by atoms with Gasteiger partial charge >= 0.3 is 0 Å². The van der Waals surface area contributed by atoms with Crippen LogP contribution in [0.1, 0.15) is 41.6 Å². The molecule has 26 heavy (non-hydrogen) atoms. The Morgan fingerprint density at radius 3 is 2.58 bits per heavy atom. The van der Waals surface area contributed by atoms with Crippen molar-refractivity contribution in [3.05, 3.63) is 59.4 Å². The highest BCUT2D eigenvalue weighted by Gasteiger charge is 2.07. The van der Waals surface area contributed by atoms with E-state index < -0.39 is 12.0 Å². The Kier molecular flexibility index (Phi) is 7.41. The third-order valence-electron chi connectivity index (χ3n) is 4.09. The highest BCUT2D eigenvalue weighted by Crippen LogP contribution is 2.20. The molecule has 0 aromatic heterocycles. The fourth-order valence-electron chi connectivity index (χ4n) is 2.57. The maximum Gasteiger partial charge on any atom is 0.251 e. The maximum atomic E-state index is 13.0. The third kappa shape index (κ3) is 6.37. The van der Waals surface area contributed by atoms with E-state index in [9.17, 15) is 14.3 Å². The molecule has 6 heteroatoms. The van der Waals surface area contributed by atoms with Gasteiger partial charge in [-0.25, -0.2) is 4.39 Å². The summed E-state index contributed by atoms with van der Waals surface area (Å²) in [4.78, 5) is 12.0. The van der Waals surface area contributed by atoms with Gasteiger partial charge in [0.25, 0.3) is 5.91 Å². The Labute approximate surface area is 153 Å². The predicted octanol–water partition coefficient (Wildman–Crippen LogP) is 3.44. The molecule has 0 fully saturated rings. The lowest BCUT2D eigenvalue weighted by atomic mass is 10.1. The van der Waals surface area contributed by atoms with Crippen LogP contribution in [0.25, 0.3) is 0 Å². The van der Waals surface area contributed by atoms with Gasteiger partial charge in [0.15, 0.2) is 0 Å². The average molecular weight is 359 g/mol. The number of nitrogen functional groups attached to an aromatic ring is 1. The second-order valence-electron chi connectivity index (χ2n) is 6.36. The number of hydrogen-bond donors (Lipinski definition) is 4. The molecule has 0 aliphatic rings. The fourth-order valence-corrected chi connectivity index (χ4v) is 2.57. The minimum atomic E-state index is -0.745. The molecule has 0 spiro atoms. The van der Waals surface area contributed by atoms with E-state index in [2.05, 4.69) is 10.6 Å². The summed E-state index contributed by atoms with van der Waals surface area (Å²) in [5.41, 5.74) is 8.26. The van der Waals surface area contributed by atoms with Crippen molar-refractivity contribution in [2.45, 2.75) is 38.8 Å². The predicted molar refractivity (Wildman–Crippen MR) is 102 cm³/mol. The van der Waals surface area contributed by atoms with Gasteiger partial charge in [-0.05, 0) is 56.5 Å². The lowest BCUT2D eigenvalue weighted by Gasteiger charge is -2.15. The molecule has 0 radical (unpaired) electrons. The maximum absolute atomic E-state index is 13.0. The second kappa shape index (κ2) is 9.77. The zero-order valence-electron chi connectivity index (χ0n) is 15.0. The van der Waals surface area contributed by atoms with Crippen LogP contribution in [0.5, 0.6) is 0 Å². The van der Waals surface area contributed by atoms with Crippen molar-refractivity contribution in [2.24, 2.45) is 0 Å². The van der Waals surface area contributed by atoms with Crippen LogP contribution < -0.4 is 16.4 Å². The number of carbonyl (C=O) groups is 1. The van der Waals surface area contributed by atoms with E-state index in [0.717, 1.165) is 24.8 Å². The van der Waals surface area contributed by atoms with Crippen LogP contribution in [0.2, 0.25) is 0 Å². The van der Waals surface area contributed by atoms with Crippen LogP contribution in [0.3, 0.4) is 0 Å². The van der Waals surface area contributed by atoms with E-state index in [1.807, 2.05) is 31.2 Å². The van der Waals surface area contributed by atoms with Gasteiger partial charge < -0.3 is 21.5 Å². The zero-order chi connectivity index (χ0) is 18.9.